The maximum Gasteiger partial charge on any atom is 0.0864 e. The highest BCUT2D eigenvalue weighted by atomic mass is 16.5. The molecule has 58 valence electrons. The second kappa shape index (κ2) is 1.95. The van der Waals surface area contributed by atoms with Gasteiger partial charge in [0, 0.05) is 13.1 Å². The molecule has 0 radical (unpaired) electrons. The van der Waals surface area contributed by atoms with Crippen LogP contribution in [0, 0.1) is 11.8 Å². The number of morpholine rings is 1. The molecule has 2 fully saturated rings. The van der Waals surface area contributed by atoms with Gasteiger partial charge >= 0.3 is 0 Å². The molecule has 10 heavy (non-hydrogen) atoms. The van der Waals surface area contributed by atoms with E-state index < -0.39 is 0 Å². The molecule has 2 unspecified atom stereocenters. The number of nitrogens with one attached hydrogen (secondary N) is 1. The Labute approximate surface area is 61.9 Å². The Bertz CT molecular complexity index is 130. The van der Waals surface area contributed by atoms with Crippen molar-refractivity contribution in [1.82, 2.24) is 5.32 Å². The quantitative estimate of drug-likeness (QED) is 0.534. The van der Waals surface area contributed by atoms with E-state index in [0.29, 0.717) is 0 Å². The van der Waals surface area contributed by atoms with Crippen molar-refractivity contribution in [2.45, 2.75) is 19.4 Å². The highest BCUT2D eigenvalue weighted by Gasteiger charge is 2.60. The van der Waals surface area contributed by atoms with Gasteiger partial charge in [0.25, 0.3) is 0 Å². The maximum atomic E-state index is 5.74. The zero-order chi connectivity index (χ0) is 7.19. The molecule has 0 aromatic heterocycles. The van der Waals surface area contributed by atoms with Gasteiger partial charge < -0.3 is 10.1 Å². The Morgan fingerprint density at radius 3 is 2.40 bits per heavy atom. The van der Waals surface area contributed by atoms with E-state index in [1.807, 2.05) is 0 Å². The minimum absolute atomic E-state index is 0.234. The molecule has 0 aromatic carbocycles. The summed E-state index contributed by atoms with van der Waals surface area (Å²) >= 11 is 0. The van der Waals surface area contributed by atoms with E-state index in [-0.39, 0.29) is 5.60 Å². The molecule has 2 heteroatoms. The van der Waals surface area contributed by atoms with E-state index in [9.17, 15) is 0 Å². The van der Waals surface area contributed by atoms with Crippen LogP contribution >= 0.6 is 0 Å². The second-order valence-electron chi connectivity index (χ2n) is 3.56. The molecule has 0 amide bonds. The third-order valence-corrected chi connectivity index (χ3v) is 3.23. The van der Waals surface area contributed by atoms with Gasteiger partial charge in [-0.25, -0.2) is 0 Å². The van der Waals surface area contributed by atoms with E-state index in [2.05, 4.69) is 19.2 Å². The summed E-state index contributed by atoms with van der Waals surface area (Å²) in [5.41, 5.74) is 0.234. The average molecular weight is 141 g/mol. The first kappa shape index (κ1) is 6.62. The fourth-order valence-electron chi connectivity index (χ4n) is 2.06. The van der Waals surface area contributed by atoms with Crippen molar-refractivity contribution >= 4 is 0 Å². The molecule has 1 aliphatic carbocycles. The van der Waals surface area contributed by atoms with E-state index in [1.165, 1.54) is 0 Å². The normalized spacial score (nSPS) is 53.4. The number of rotatable bonds is 0. The standard InChI is InChI=1S/C8H15NO/c1-6-7(2)8(6)5-9-3-4-10-8/h6-7,9H,3-5H2,1-2H3. The molecule has 2 atom stereocenters. The van der Waals surface area contributed by atoms with Gasteiger partial charge in [-0.2, -0.15) is 0 Å². The van der Waals surface area contributed by atoms with Crippen LogP contribution in [0.4, 0.5) is 0 Å². The van der Waals surface area contributed by atoms with Crippen molar-refractivity contribution in [3.05, 3.63) is 0 Å². The molecular formula is C8H15NO. The van der Waals surface area contributed by atoms with Gasteiger partial charge in [0.1, 0.15) is 0 Å². The van der Waals surface area contributed by atoms with Gasteiger partial charge in [0.15, 0.2) is 0 Å². The van der Waals surface area contributed by atoms with E-state index in [0.717, 1.165) is 31.5 Å². The van der Waals surface area contributed by atoms with Gasteiger partial charge in [-0.05, 0) is 11.8 Å². The summed E-state index contributed by atoms with van der Waals surface area (Å²) in [6.07, 6.45) is 0. The van der Waals surface area contributed by atoms with Crippen LogP contribution in [0.25, 0.3) is 0 Å². The van der Waals surface area contributed by atoms with Crippen LogP contribution in [0.1, 0.15) is 13.8 Å². The molecule has 2 aliphatic rings. The first-order valence-electron chi connectivity index (χ1n) is 4.12. The van der Waals surface area contributed by atoms with Gasteiger partial charge in [0.05, 0.1) is 12.2 Å². The summed E-state index contributed by atoms with van der Waals surface area (Å²) in [4.78, 5) is 0. The molecule has 0 bridgehead atoms. The summed E-state index contributed by atoms with van der Waals surface area (Å²) in [6.45, 7) is 7.54. The topological polar surface area (TPSA) is 21.3 Å². The van der Waals surface area contributed by atoms with Crippen molar-refractivity contribution in [3.8, 4) is 0 Å². The van der Waals surface area contributed by atoms with Crippen molar-refractivity contribution in [2.75, 3.05) is 19.7 Å². The first-order valence-corrected chi connectivity index (χ1v) is 4.12. The maximum absolute atomic E-state index is 5.74. The molecule has 1 N–H and O–H groups in total. The zero-order valence-electron chi connectivity index (χ0n) is 6.68. The van der Waals surface area contributed by atoms with Gasteiger partial charge in [-0.3, -0.25) is 0 Å². The van der Waals surface area contributed by atoms with E-state index in [1.54, 1.807) is 0 Å². The lowest BCUT2D eigenvalue weighted by Crippen LogP contribution is -2.42. The molecule has 1 heterocycles. The van der Waals surface area contributed by atoms with Crippen LogP contribution in [0.15, 0.2) is 0 Å². The molecule has 2 nitrogen and oxygen atoms in total. The Hall–Kier alpha value is -0.0800. The van der Waals surface area contributed by atoms with E-state index >= 15 is 0 Å². The van der Waals surface area contributed by atoms with Crippen molar-refractivity contribution in [2.24, 2.45) is 11.8 Å². The van der Waals surface area contributed by atoms with Gasteiger partial charge in [0.2, 0.25) is 0 Å². The lowest BCUT2D eigenvalue weighted by Gasteiger charge is -2.24. The molecule has 0 aromatic rings. The smallest absolute Gasteiger partial charge is 0.0864 e. The molecule has 1 saturated heterocycles. The van der Waals surface area contributed by atoms with Gasteiger partial charge in [-0.1, -0.05) is 13.8 Å². The van der Waals surface area contributed by atoms with Crippen molar-refractivity contribution < 1.29 is 4.74 Å². The number of ether oxygens (including phenoxy) is 1. The minimum atomic E-state index is 0.234. The lowest BCUT2D eigenvalue weighted by molar-refractivity contribution is -0.00908. The largest absolute Gasteiger partial charge is 0.372 e. The predicted octanol–water partition coefficient (Wildman–Crippen LogP) is 0.631. The second-order valence-corrected chi connectivity index (χ2v) is 3.56. The van der Waals surface area contributed by atoms with Crippen LogP contribution in [0.3, 0.4) is 0 Å². The zero-order valence-corrected chi connectivity index (χ0v) is 6.68. The van der Waals surface area contributed by atoms with Crippen LogP contribution < -0.4 is 5.32 Å². The summed E-state index contributed by atoms with van der Waals surface area (Å²) < 4.78 is 5.74. The summed E-state index contributed by atoms with van der Waals surface area (Å²) in [5, 5.41) is 3.37. The molecule has 1 spiro atoms. The average Bonchev–Trinajstić information content (AvgIpc) is 2.45. The number of hydrogen-bond acceptors (Lipinski definition) is 2. The first-order chi connectivity index (χ1) is 4.77. The van der Waals surface area contributed by atoms with Crippen LogP contribution in [-0.4, -0.2) is 25.3 Å². The Balaban J connectivity index is 2.03. The highest BCUT2D eigenvalue weighted by Crippen LogP contribution is 2.52. The molecule has 2 rings (SSSR count). The predicted molar refractivity (Wildman–Crippen MR) is 39.9 cm³/mol. The Morgan fingerprint density at radius 1 is 1.40 bits per heavy atom. The number of hydrogen-bond donors (Lipinski definition) is 1. The molecule has 1 saturated carbocycles. The van der Waals surface area contributed by atoms with Crippen LogP contribution in [0.5, 0.6) is 0 Å². The third kappa shape index (κ3) is 0.663. The van der Waals surface area contributed by atoms with E-state index in [4.69, 9.17) is 4.74 Å². The fraction of sp³-hybridized carbons (Fsp3) is 1.00. The lowest BCUT2D eigenvalue weighted by atomic mass is 10.2. The third-order valence-electron chi connectivity index (χ3n) is 3.23. The van der Waals surface area contributed by atoms with Crippen LogP contribution in [0.2, 0.25) is 0 Å². The molecule has 1 aliphatic heterocycles. The monoisotopic (exact) mass is 141 g/mol. The van der Waals surface area contributed by atoms with Gasteiger partial charge in [-0.15, -0.1) is 0 Å². The highest BCUT2D eigenvalue weighted by molar-refractivity contribution is 5.11. The SMILES string of the molecule is CC1C(C)C12CNCCO2. The van der Waals surface area contributed by atoms with Crippen LogP contribution in [-0.2, 0) is 4.74 Å². The Morgan fingerprint density at radius 2 is 2.10 bits per heavy atom. The van der Waals surface area contributed by atoms with Crippen molar-refractivity contribution in [3.63, 3.8) is 0 Å². The summed E-state index contributed by atoms with van der Waals surface area (Å²) in [7, 11) is 0. The summed E-state index contributed by atoms with van der Waals surface area (Å²) in [6, 6.07) is 0. The minimum Gasteiger partial charge on any atom is -0.372 e. The molecular weight excluding hydrogens is 126 g/mol. The summed E-state index contributed by atoms with van der Waals surface area (Å²) in [5.74, 6) is 1.53. The fourth-order valence-corrected chi connectivity index (χ4v) is 2.06. The van der Waals surface area contributed by atoms with Crippen molar-refractivity contribution in [1.29, 1.82) is 0 Å². The Kier molecular flexibility index (Phi) is 1.29.